The molecule has 1 aliphatic carbocycles. The van der Waals surface area contributed by atoms with E-state index in [9.17, 15) is 0 Å². The minimum absolute atomic E-state index is 0.470. The van der Waals surface area contributed by atoms with E-state index in [0.29, 0.717) is 11.5 Å². The Hall–Kier alpha value is -1.09. The number of nitrogens with two attached hydrogens (primary N) is 1. The largest absolute Gasteiger partial charge is 0.398 e. The van der Waals surface area contributed by atoms with Crippen LogP contribution in [-0.4, -0.2) is 17.6 Å². The maximum absolute atomic E-state index is 5.99. The van der Waals surface area contributed by atoms with E-state index in [0.717, 1.165) is 18.7 Å². The summed E-state index contributed by atoms with van der Waals surface area (Å²) in [4.78, 5) is 4.17. The summed E-state index contributed by atoms with van der Waals surface area (Å²) in [6.45, 7) is 5.66. The molecule has 1 aromatic heterocycles. The summed E-state index contributed by atoms with van der Waals surface area (Å²) < 4.78 is 0. The van der Waals surface area contributed by atoms with Crippen LogP contribution in [0.5, 0.6) is 0 Å². The van der Waals surface area contributed by atoms with Crippen molar-refractivity contribution < 1.29 is 0 Å². The number of nitrogens with zero attached hydrogens (tertiary/aromatic N) is 1. The van der Waals surface area contributed by atoms with E-state index >= 15 is 0 Å². The van der Waals surface area contributed by atoms with Crippen molar-refractivity contribution >= 4 is 5.69 Å². The molecule has 17 heavy (non-hydrogen) atoms. The third kappa shape index (κ3) is 2.97. The summed E-state index contributed by atoms with van der Waals surface area (Å²) in [6, 6.07) is 2.43. The van der Waals surface area contributed by atoms with Crippen molar-refractivity contribution in [1.29, 1.82) is 0 Å². The number of rotatable bonds is 6. The highest BCUT2D eigenvalue weighted by Gasteiger charge is 2.44. The molecule has 3 N–H and O–H groups in total. The van der Waals surface area contributed by atoms with E-state index in [1.165, 1.54) is 24.8 Å². The van der Waals surface area contributed by atoms with Gasteiger partial charge in [-0.1, -0.05) is 13.8 Å². The zero-order valence-electron chi connectivity index (χ0n) is 10.9. The standard InChI is InChI=1S/C14H23N3/c1-3-7-17-13(14(2)5-6-14)9-11-10-16-8-4-12(11)15/h4,8,10,13,17H,3,5-7,9H2,1-2H3,(H2,15,16). The highest BCUT2D eigenvalue weighted by molar-refractivity contribution is 5.44. The van der Waals surface area contributed by atoms with Gasteiger partial charge in [0.25, 0.3) is 0 Å². The first-order chi connectivity index (χ1) is 8.15. The highest BCUT2D eigenvalue weighted by Crippen LogP contribution is 2.49. The van der Waals surface area contributed by atoms with Crippen molar-refractivity contribution in [2.45, 2.75) is 45.6 Å². The summed E-state index contributed by atoms with van der Waals surface area (Å²) in [5.74, 6) is 0. The molecule has 1 unspecified atom stereocenters. The van der Waals surface area contributed by atoms with Gasteiger partial charge in [-0.2, -0.15) is 0 Å². The number of aromatic nitrogens is 1. The van der Waals surface area contributed by atoms with Crippen LogP contribution in [-0.2, 0) is 6.42 Å². The van der Waals surface area contributed by atoms with E-state index in [4.69, 9.17) is 5.73 Å². The fourth-order valence-electron chi connectivity index (χ4n) is 2.26. The Morgan fingerprint density at radius 3 is 2.88 bits per heavy atom. The normalized spacial score (nSPS) is 18.9. The SMILES string of the molecule is CCCNC(Cc1cnccc1N)C1(C)CC1. The average molecular weight is 233 g/mol. The lowest BCUT2D eigenvalue weighted by Crippen LogP contribution is -2.38. The Morgan fingerprint density at radius 1 is 1.53 bits per heavy atom. The second kappa shape index (κ2) is 5.05. The summed E-state index contributed by atoms with van der Waals surface area (Å²) >= 11 is 0. The van der Waals surface area contributed by atoms with E-state index in [1.807, 2.05) is 12.3 Å². The van der Waals surface area contributed by atoms with Crippen LogP contribution in [0.4, 0.5) is 5.69 Å². The fourth-order valence-corrected chi connectivity index (χ4v) is 2.26. The van der Waals surface area contributed by atoms with E-state index < -0.39 is 0 Å². The number of anilines is 1. The van der Waals surface area contributed by atoms with Crippen LogP contribution >= 0.6 is 0 Å². The second-order valence-corrected chi connectivity index (χ2v) is 5.44. The fraction of sp³-hybridized carbons (Fsp3) is 0.643. The molecule has 0 bridgehead atoms. The zero-order valence-corrected chi connectivity index (χ0v) is 10.9. The van der Waals surface area contributed by atoms with Gasteiger partial charge in [-0.3, -0.25) is 4.98 Å². The molecule has 1 fully saturated rings. The van der Waals surface area contributed by atoms with Gasteiger partial charge in [0.2, 0.25) is 0 Å². The van der Waals surface area contributed by atoms with Gasteiger partial charge in [-0.05, 0) is 49.3 Å². The van der Waals surface area contributed by atoms with Crippen molar-refractivity contribution in [2.75, 3.05) is 12.3 Å². The molecule has 0 radical (unpaired) electrons. The maximum atomic E-state index is 5.99. The van der Waals surface area contributed by atoms with Crippen molar-refractivity contribution in [3.8, 4) is 0 Å². The minimum Gasteiger partial charge on any atom is -0.398 e. The van der Waals surface area contributed by atoms with E-state index in [2.05, 4.69) is 24.1 Å². The lowest BCUT2D eigenvalue weighted by Gasteiger charge is -2.25. The molecule has 0 aromatic carbocycles. The van der Waals surface area contributed by atoms with Gasteiger partial charge in [-0.25, -0.2) is 0 Å². The molecule has 1 aromatic rings. The monoisotopic (exact) mass is 233 g/mol. The minimum atomic E-state index is 0.470. The lowest BCUT2D eigenvalue weighted by atomic mass is 9.92. The summed E-state index contributed by atoms with van der Waals surface area (Å²) in [6.07, 6.45) is 8.49. The molecule has 0 amide bonds. The predicted molar refractivity (Wildman–Crippen MR) is 71.8 cm³/mol. The van der Waals surface area contributed by atoms with Gasteiger partial charge in [0.05, 0.1) is 0 Å². The summed E-state index contributed by atoms with van der Waals surface area (Å²) in [7, 11) is 0. The molecule has 3 heteroatoms. The molecular weight excluding hydrogens is 210 g/mol. The lowest BCUT2D eigenvalue weighted by molar-refractivity contribution is 0.354. The topological polar surface area (TPSA) is 50.9 Å². The second-order valence-electron chi connectivity index (χ2n) is 5.44. The highest BCUT2D eigenvalue weighted by atomic mass is 14.9. The third-order valence-electron chi connectivity index (χ3n) is 3.89. The summed E-state index contributed by atoms with van der Waals surface area (Å²) in [5, 5.41) is 3.66. The Bertz CT molecular complexity index is 371. The molecule has 1 atom stereocenters. The maximum Gasteiger partial charge on any atom is 0.0378 e. The molecule has 94 valence electrons. The van der Waals surface area contributed by atoms with Crippen molar-refractivity contribution in [1.82, 2.24) is 10.3 Å². The van der Waals surface area contributed by atoms with Crippen LogP contribution in [0, 0.1) is 5.41 Å². The van der Waals surface area contributed by atoms with Crippen LogP contribution in [0.3, 0.4) is 0 Å². The first-order valence-corrected chi connectivity index (χ1v) is 6.57. The van der Waals surface area contributed by atoms with Gasteiger partial charge in [0.1, 0.15) is 0 Å². The molecule has 2 rings (SSSR count). The van der Waals surface area contributed by atoms with Gasteiger partial charge in [0.15, 0.2) is 0 Å². The van der Waals surface area contributed by atoms with Crippen LogP contribution in [0.25, 0.3) is 0 Å². The Morgan fingerprint density at radius 2 is 2.29 bits per heavy atom. The van der Waals surface area contributed by atoms with Crippen molar-refractivity contribution in [3.63, 3.8) is 0 Å². The van der Waals surface area contributed by atoms with Crippen molar-refractivity contribution in [3.05, 3.63) is 24.0 Å². The molecular formula is C14H23N3. The Kier molecular flexibility index (Phi) is 3.67. The quantitative estimate of drug-likeness (QED) is 0.793. The summed E-state index contributed by atoms with van der Waals surface area (Å²) in [5.41, 5.74) is 8.51. The molecule has 3 nitrogen and oxygen atoms in total. The third-order valence-corrected chi connectivity index (χ3v) is 3.89. The van der Waals surface area contributed by atoms with Gasteiger partial charge in [0, 0.05) is 24.1 Å². The molecule has 0 spiro atoms. The van der Waals surface area contributed by atoms with Crippen LogP contribution in [0.1, 0.15) is 38.7 Å². The van der Waals surface area contributed by atoms with Gasteiger partial charge < -0.3 is 11.1 Å². The molecule has 0 saturated heterocycles. The molecule has 1 heterocycles. The van der Waals surface area contributed by atoms with Gasteiger partial charge >= 0.3 is 0 Å². The van der Waals surface area contributed by atoms with Gasteiger partial charge in [-0.15, -0.1) is 0 Å². The first kappa shape index (κ1) is 12.4. The predicted octanol–water partition coefficient (Wildman–Crippen LogP) is 2.37. The number of hydrogen-bond donors (Lipinski definition) is 2. The smallest absolute Gasteiger partial charge is 0.0378 e. The first-order valence-electron chi connectivity index (χ1n) is 6.57. The molecule has 1 aliphatic rings. The Labute approximate surface area is 104 Å². The van der Waals surface area contributed by atoms with Crippen molar-refractivity contribution in [2.24, 2.45) is 5.41 Å². The molecule has 1 saturated carbocycles. The number of nitrogen functional groups attached to an aromatic ring is 1. The average Bonchev–Trinajstić information content (AvgIpc) is 3.06. The van der Waals surface area contributed by atoms with Crippen LogP contribution in [0.2, 0.25) is 0 Å². The Balaban J connectivity index is 2.05. The van der Waals surface area contributed by atoms with E-state index in [1.54, 1.807) is 6.20 Å². The van der Waals surface area contributed by atoms with Crippen LogP contribution < -0.4 is 11.1 Å². The number of nitrogens with one attached hydrogen (secondary N) is 1. The zero-order chi connectivity index (χ0) is 12.3. The van der Waals surface area contributed by atoms with Crippen LogP contribution in [0.15, 0.2) is 18.5 Å². The number of hydrogen-bond acceptors (Lipinski definition) is 3. The molecule has 0 aliphatic heterocycles. The van der Waals surface area contributed by atoms with E-state index in [-0.39, 0.29) is 0 Å². The number of pyridine rings is 1.